The van der Waals surface area contributed by atoms with Gasteiger partial charge in [0.25, 0.3) is 0 Å². The standard InChI is InChI=1S/C16H17NO3S/c1-11(15(19)20-2)13-5-3-12(4-6-13)7-16(9-17)10-21-8-14(16)18/h3-6,11H,7-8,10H2,1-2H3. The van der Waals surface area contributed by atoms with Crippen LogP contribution in [0.15, 0.2) is 24.3 Å². The lowest BCUT2D eigenvalue weighted by atomic mass is 9.81. The fourth-order valence-electron chi connectivity index (χ4n) is 2.41. The number of methoxy groups -OCH3 is 1. The van der Waals surface area contributed by atoms with E-state index in [1.165, 1.54) is 18.9 Å². The third-order valence-corrected chi connectivity index (χ3v) is 5.03. The van der Waals surface area contributed by atoms with Gasteiger partial charge in [0.15, 0.2) is 5.78 Å². The maximum Gasteiger partial charge on any atom is 0.312 e. The first kappa shape index (κ1) is 15.6. The lowest BCUT2D eigenvalue weighted by Gasteiger charge is -2.18. The van der Waals surface area contributed by atoms with Gasteiger partial charge in [-0.3, -0.25) is 9.59 Å². The maximum atomic E-state index is 11.9. The number of benzene rings is 1. The van der Waals surface area contributed by atoms with Gasteiger partial charge in [0, 0.05) is 5.75 Å². The van der Waals surface area contributed by atoms with Gasteiger partial charge in [-0.15, -0.1) is 0 Å². The molecule has 2 rings (SSSR count). The molecule has 0 N–H and O–H groups in total. The number of rotatable bonds is 4. The largest absolute Gasteiger partial charge is 0.469 e. The lowest BCUT2D eigenvalue weighted by molar-refractivity contribution is -0.142. The van der Waals surface area contributed by atoms with Crippen LogP contribution in [0.2, 0.25) is 0 Å². The molecule has 1 aliphatic heterocycles. The number of nitrogens with zero attached hydrogens (tertiary/aromatic N) is 1. The van der Waals surface area contributed by atoms with E-state index < -0.39 is 5.41 Å². The SMILES string of the molecule is COC(=O)C(C)c1ccc(CC2(C#N)CSCC2=O)cc1. The van der Waals surface area contributed by atoms with Crippen LogP contribution in [-0.2, 0) is 20.7 Å². The van der Waals surface area contributed by atoms with Crippen LogP contribution in [0.5, 0.6) is 0 Å². The number of carbonyl (C=O) groups is 2. The van der Waals surface area contributed by atoms with Crippen molar-refractivity contribution in [1.29, 1.82) is 5.26 Å². The molecule has 2 unspecified atom stereocenters. The molecule has 1 heterocycles. The molecular formula is C16H17NO3S. The van der Waals surface area contributed by atoms with E-state index >= 15 is 0 Å². The molecule has 5 heteroatoms. The number of esters is 1. The topological polar surface area (TPSA) is 67.2 Å². The van der Waals surface area contributed by atoms with Crippen molar-refractivity contribution >= 4 is 23.5 Å². The quantitative estimate of drug-likeness (QED) is 0.799. The van der Waals surface area contributed by atoms with Crippen LogP contribution in [0.1, 0.15) is 24.0 Å². The van der Waals surface area contributed by atoms with Gasteiger partial charge in [-0.25, -0.2) is 0 Å². The minimum Gasteiger partial charge on any atom is -0.469 e. The normalized spacial score (nSPS) is 22.6. The fraction of sp³-hybridized carbons (Fsp3) is 0.438. The number of hydrogen-bond acceptors (Lipinski definition) is 5. The van der Waals surface area contributed by atoms with E-state index in [0.29, 0.717) is 17.9 Å². The summed E-state index contributed by atoms with van der Waals surface area (Å²) in [6.45, 7) is 1.79. The van der Waals surface area contributed by atoms with Crippen molar-refractivity contribution in [1.82, 2.24) is 0 Å². The molecule has 4 nitrogen and oxygen atoms in total. The van der Waals surface area contributed by atoms with Crippen LogP contribution in [0, 0.1) is 16.7 Å². The summed E-state index contributed by atoms with van der Waals surface area (Å²) in [6.07, 6.45) is 0.433. The van der Waals surface area contributed by atoms with Crippen molar-refractivity contribution in [2.45, 2.75) is 19.3 Å². The minimum atomic E-state index is -0.889. The summed E-state index contributed by atoms with van der Waals surface area (Å²) in [5.41, 5.74) is 0.914. The number of thioether (sulfide) groups is 1. The molecule has 1 aliphatic rings. The number of nitriles is 1. The van der Waals surface area contributed by atoms with Gasteiger partial charge in [-0.05, 0) is 24.5 Å². The highest BCUT2D eigenvalue weighted by molar-refractivity contribution is 8.00. The predicted molar refractivity (Wildman–Crippen MR) is 81.0 cm³/mol. The van der Waals surface area contributed by atoms with Crippen molar-refractivity contribution in [2.75, 3.05) is 18.6 Å². The van der Waals surface area contributed by atoms with Crippen molar-refractivity contribution in [2.24, 2.45) is 5.41 Å². The van der Waals surface area contributed by atoms with E-state index in [2.05, 4.69) is 6.07 Å². The molecule has 0 saturated carbocycles. The Morgan fingerprint density at radius 1 is 1.48 bits per heavy atom. The highest BCUT2D eigenvalue weighted by Gasteiger charge is 2.43. The molecule has 0 radical (unpaired) electrons. The number of carbonyl (C=O) groups excluding carboxylic acids is 2. The Kier molecular flexibility index (Phi) is 4.69. The Bertz CT molecular complexity index is 591. The summed E-state index contributed by atoms with van der Waals surface area (Å²) in [7, 11) is 1.37. The maximum absolute atomic E-state index is 11.9. The lowest BCUT2D eigenvalue weighted by Crippen LogP contribution is -2.30. The average molecular weight is 303 g/mol. The number of hydrogen-bond donors (Lipinski definition) is 0. The van der Waals surface area contributed by atoms with Crippen LogP contribution in [0.4, 0.5) is 0 Å². The van der Waals surface area contributed by atoms with E-state index in [1.807, 2.05) is 24.3 Å². The van der Waals surface area contributed by atoms with Gasteiger partial charge in [-0.2, -0.15) is 17.0 Å². The predicted octanol–water partition coefficient (Wildman–Crippen LogP) is 2.33. The molecule has 0 aliphatic carbocycles. The molecule has 0 aromatic heterocycles. The Labute approximate surface area is 128 Å². The molecule has 0 bridgehead atoms. The number of ether oxygens (including phenoxy) is 1. The summed E-state index contributed by atoms with van der Waals surface area (Å²) >= 11 is 1.51. The molecule has 0 amide bonds. The third kappa shape index (κ3) is 3.11. The van der Waals surface area contributed by atoms with Crippen molar-refractivity contribution in [3.63, 3.8) is 0 Å². The Morgan fingerprint density at radius 2 is 2.14 bits per heavy atom. The number of Topliss-reactive ketones (excluding diaryl/α,β-unsaturated/α-hetero) is 1. The van der Waals surface area contributed by atoms with Crippen LogP contribution in [0.3, 0.4) is 0 Å². The number of ketones is 1. The second kappa shape index (κ2) is 6.31. The van der Waals surface area contributed by atoms with Crippen molar-refractivity contribution in [3.8, 4) is 6.07 Å². The van der Waals surface area contributed by atoms with E-state index in [-0.39, 0.29) is 17.7 Å². The summed E-state index contributed by atoms with van der Waals surface area (Å²) in [5.74, 6) is 0.395. The zero-order valence-corrected chi connectivity index (χ0v) is 12.9. The second-order valence-electron chi connectivity index (χ2n) is 5.27. The highest BCUT2D eigenvalue weighted by Crippen LogP contribution is 2.35. The smallest absolute Gasteiger partial charge is 0.312 e. The molecule has 21 heavy (non-hydrogen) atoms. The van der Waals surface area contributed by atoms with Crippen LogP contribution in [0.25, 0.3) is 0 Å². The first-order valence-corrected chi connectivity index (χ1v) is 7.87. The van der Waals surface area contributed by atoms with Crippen LogP contribution >= 0.6 is 11.8 Å². The zero-order valence-electron chi connectivity index (χ0n) is 12.1. The first-order chi connectivity index (χ1) is 10.0. The molecule has 110 valence electrons. The van der Waals surface area contributed by atoms with Crippen molar-refractivity contribution in [3.05, 3.63) is 35.4 Å². The third-order valence-electron chi connectivity index (χ3n) is 3.87. The molecule has 1 aromatic rings. The molecule has 1 saturated heterocycles. The van der Waals surface area contributed by atoms with E-state index in [1.54, 1.807) is 6.92 Å². The molecule has 0 spiro atoms. The summed E-state index contributed by atoms with van der Waals surface area (Å²) < 4.78 is 4.72. The Balaban J connectivity index is 2.15. The average Bonchev–Trinajstić information content (AvgIpc) is 2.87. The molecule has 2 atom stereocenters. The van der Waals surface area contributed by atoms with Gasteiger partial charge >= 0.3 is 5.97 Å². The van der Waals surface area contributed by atoms with E-state index in [9.17, 15) is 14.9 Å². The minimum absolute atomic E-state index is 0.0157. The Morgan fingerprint density at radius 3 is 2.62 bits per heavy atom. The summed E-state index contributed by atoms with van der Waals surface area (Å²) in [5, 5.41) is 9.35. The molecular weight excluding hydrogens is 286 g/mol. The van der Waals surface area contributed by atoms with Gasteiger partial charge < -0.3 is 4.74 Å². The molecule has 1 aromatic carbocycles. The van der Waals surface area contributed by atoms with Crippen LogP contribution < -0.4 is 0 Å². The van der Waals surface area contributed by atoms with Crippen LogP contribution in [-0.4, -0.2) is 30.4 Å². The Hall–Kier alpha value is -1.80. The molecule has 1 fully saturated rings. The zero-order chi connectivity index (χ0) is 15.5. The van der Waals surface area contributed by atoms with E-state index in [0.717, 1.165) is 11.1 Å². The van der Waals surface area contributed by atoms with E-state index in [4.69, 9.17) is 4.74 Å². The highest BCUT2D eigenvalue weighted by atomic mass is 32.2. The van der Waals surface area contributed by atoms with Gasteiger partial charge in [-0.1, -0.05) is 24.3 Å². The second-order valence-corrected chi connectivity index (χ2v) is 6.26. The first-order valence-electron chi connectivity index (χ1n) is 6.71. The summed E-state index contributed by atoms with van der Waals surface area (Å²) in [4.78, 5) is 23.4. The van der Waals surface area contributed by atoms with Gasteiger partial charge in [0.1, 0.15) is 5.41 Å². The van der Waals surface area contributed by atoms with Crippen molar-refractivity contribution < 1.29 is 14.3 Å². The summed E-state index contributed by atoms with van der Waals surface area (Å²) in [6, 6.07) is 9.67. The van der Waals surface area contributed by atoms with Gasteiger partial charge in [0.05, 0.1) is 24.8 Å². The monoisotopic (exact) mass is 303 g/mol. The van der Waals surface area contributed by atoms with Gasteiger partial charge in [0.2, 0.25) is 0 Å². The fourth-order valence-corrected chi connectivity index (χ4v) is 3.65.